The lowest BCUT2D eigenvalue weighted by Gasteiger charge is -2.09. The third-order valence-corrected chi connectivity index (χ3v) is 2.90. The summed E-state index contributed by atoms with van der Waals surface area (Å²) in [7, 11) is 0. The standard InChI is InChI=1S/C13H8F3N5O/c14-13(15,16)8-2-1-3-9(6-8)21-11(19-20-12(21)22)10-7-17-4-5-18-10/h1-7H,(H,20,22). The molecule has 22 heavy (non-hydrogen) atoms. The number of alkyl halides is 3. The second-order valence-corrected chi connectivity index (χ2v) is 4.33. The predicted molar refractivity (Wildman–Crippen MR) is 70.2 cm³/mol. The molecular weight excluding hydrogens is 299 g/mol. The molecule has 0 saturated carbocycles. The van der Waals surface area contributed by atoms with Crippen LogP contribution in [0.4, 0.5) is 13.2 Å². The van der Waals surface area contributed by atoms with Crippen LogP contribution in [-0.4, -0.2) is 24.7 Å². The van der Waals surface area contributed by atoms with Gasteiger partial charge in [0.05, 0.1) is 17.4 Å². The Morgan fingerprint density at radius 2 is 2.00 bits per heavy atom. The summed E-state index contributed by atoms with van der Waals surface area (Å²) in [5, 5.41) is 6.00. The topological polar surface area (TPSA) is 76.5 Å². The molecule has 0 aliphatic carbocycles. The van der Waals surface area contributed by atoms with Gasteiger partial charge in [-0.1, -0.05) is 6.07 Å². The Morgan fingerprint density at radius 1 is 1.18 bits per heavy atom. The lowest BCUT2D eigenvalue weighted by Crippen LogP contribution is -2.17. The molecule has 9 heteroatoms. The quantitative estimate of drug-likeness (QED) is 0.786. The molecule has 0 aliphatic heterocycles. The zero-order chi connectivity index (χ0) is 15.7. The summed E-state index contributed by atoms with van der Waals surface area (Å²) in [6.07, 6.45) is -0.316. The van der Waals surface area contributed by atoms with Crippen molar-refractivity contribution in [1.29, 1.82) is 0 Å². The summed E-state index contributed by atoms with van der Waals surface area (Å²) >= 11 is 0. The molecule has 0 bridgehead atoms. The third-order valence-electron chi connectivity index (χ3n) is 2.90. The van der Waals surface area contributed by atoms with E-state index in [1.54, 1.807) is 0 Å². The highest BCUT2D eigenvalue weighted by Crippen LogP contribution is 2.30. The molecule has 1 N–H and O–H groups in total. The molecule has 0 saturated heterocycles. The van der Waals surface area contributed by atoms with Gasteiger partial charge < -0.3 is 0 Å². The highest BCUT2D eigenvalue weighted by molar-refractivity contribution is 5.52. The molecule has 2 heterocycles. The van der Waals surface area contributed by atoms with E-state index in [1.165, 1.54) is 30.7 Å². The van der Waals surface area contributed by atoms with E-state index in [2.05, 4.69) is 20.2 Å². The van der Waals surface area contributed by atoms with E-state index in [-0.39, 0.29) is 17.2 Å². The summed E-state index contributed by atoms with van der Waals surface area (Å²) in [4.78, 5) is 19.7. The zero-order valence-electron chi connectivity index (χ0n) is 10.9. The summed E-state index contributed by atoms with van der Waals surface area (Å²) < 4.78 is 39.4. The second kappa shape index (κ2) is 5.10. The minimum absolute atomic E-state index is 0.0363. The number of aromatic nitrogens is 5. The van der Waals surface area contributed by atoms with Gasteiger partial charge in [-0.3, -0.25) is 4.98 Å². The molecule has 3 rings (SSSR count). The number of nitrogens with zero attached hydrogens (tertiary/aromatic N) is 4. The fourth-order valence-electron chi connectivity index (χ4n) is 1.94. The van der Waals surface area contributed by atoms with Gasteiger partial charge in [0.1, 0.15) is 5.69 Å². The minimum atomic E-state index is -4.50. The van der Waals surface area contributed by atoms with Gasteiger partial charge in [-0.15, -0.1) is 0 Å². The molecule has 2 aromatic heterocycles. The van der Waals surface area contributed by atoms with Crippen molar-refractivity contribution in [2.75, 3.05) is 0 Å². The van der Waals surface area contributed by atoms with Crippen molar-refractivity contribution in [3.63, 3.8) is 0 Å². The van der Waals surface area contributed by atoms with Gasteiger partial charge >= 0.3 is 11.9 Å². The smallest absolute Gasteiger partial charge is 0.261 e. The number of halogens is 3. The highest BCUT2D eigenvalue weighted by atomic mass is 19.4. The second-order valence-electron chi connectivity index (χ2n) is 4.33. The van der Waals surface area contributed by atoms with Gasteiger partial charge in [0, 0.05) is 12.4 Å². The summed E-state index contributed by atoms with van der Waals surface area (Å²) in [5.41, 5.74) is -1.23. The lowest BCUT2D eigenvalue weighted by molar-refractivity contribution is -0.137. The Bertz CT molecular complexity index is 854. The molecule has 0 unspecified atom stereocenters. The van der Waals surface area contributed by atoms with Crippen LogP contribution in [0, 0.1) is 0 Å². The summed E-state index contributed by atoms with van der Waals surface area (Å²) in [5.74, 6) is 0.0809. The van der Waals surface area contributed by atoms with E-state index in [0.717, 1.165) is 16.7 Å². The number of H-pyrrole nitrogens is 1. The SMILES string of the molecule is O=c1[nH]nc(-c2cnccn2)n1-c1cccc(C(F)(F)F)c1. The number of nitrogens with one attached hydrogen (secondary N) is 1. The van der Waals surface area contributed by atoms with Crippen LogP contribution in [0.3, 0.4) is 0 Å². The van der Waals surface area contributed by atoms with E-state index >= 15 is 0 Å². The number of rotatable bonds is 2. The monoisotopic (exact) mass is 307 g/mol. The lowest BCUT2D eigenvalue weighted by atomic mass is 10.2. The van der Waals surface area contributed by atoms with Crippen molar-refractivity contribution in [3.05, 3.63) is 58.9 Å². The Kier molecular flexibility index (Phi) is 3.24. The largest absolute Gasteiger partial charge is 0.416 e. The predicted octanol–water partition coefficient (Wildman–Crippen LogP) is 2.04. The van der Waals surface area contributed by atoms with Crippen LogP contribution in [0.2, 0.25) is 0 Å². The van der Waals surface area contributed by atoms with Crippen LogP contribution in [-0.2, 0) is 6.18 Å². The van der Waals surface area contributed by atoms with E-state index in [4.69, 9.17) is 0 Å². The van der Waals surface area contributed by atoms with E-state index in [9.17, 15) is 18.0 Å². The van der Waals surface area contributed by atoms with Crippen molar-refractivity contribution in [2.45, 2.75) is 6.18 Å². The highest BCUT2D eigenvalue weighted by Gasteiger charge is 2.31. The van der Waals surface area contributed by atoms with Crippen LogP contribution >= 0.6 is 0 Å². The maximum Gasteiger partial charge on any atom is 0.416 e. The van der Waals surface area contributed by atoms with E-state index in [1.807, 2.05) is 0 Å². The molecule has 0 aliphatic rings. The first kappa shape index (κ1) is 14.0. The molecule has 0 amide bonds. The first-order chi connectivity index (χ1) is 10.5. The molecule has 0 fully saturated rings. The number of aromatic amines is 1. The Labute approximate surface area is 121 Å². The van der Waals surface area contributed by atoms with Crippen molar-refractivity contribution < 1.29 is 13.2 Å². The Hall–Kier alpha value is -2.97. The van der Waals surface area contributed by atoms with Gasteiger partial charge in [0.15, 0.2) is 5.82 Å². The van der Waals surface area contributed by atoms with Gasteiger partial charge in [-0.05, 0) is 18.2 Å². The fourth-order valence-corrected chi connectivity index (χ4v) is 1.94. The molecule has 0 spiro atoms. The van der Waals surface area contributed by atoms with Gasteiger partial charge in [-0.2, -0.15) is 18.3 Å². The Morgan fingerprint density at radius 3 is 2.68 bits per heavy atom. The summed E-state index contributed by atoms with van der Waals surface area (Å²) in [6.45, 7) is 0. The van der Waals surface area contributed by atoms with Gasteiger partial charge in [-0.25, -0.2) is 19.4 Å². The minimum Gasteiger partial charge on any atom is -0.261 e. The molecule has 112 valence electrons. The molecular formula is C13H8F3N5O. The molecule has 3 aromatic rings. The van der Waals surface area contributed by atoms with Crippen LogP contribution < -0.4 is 5.69 Å². The molecule has 0 radical (unpaired) electrons. The fraction of sp³-hybridized carbons (Fsp3) is 0.0769. The maximum atomic E-state index is 12.8. The van der Waals surface area contributed by atoms with Crippen molar-refractivity contribution in [3.8, 4) is 17.2 Å². The third kappa shape index (κ3) is 2.48. The normalized spacial score (nSPS) is 11.6. The van der Waals surface area contributed by atoms with Crippen LogP contribution in [0.5, 0.6) is 0 Å². The zero-order valence-corrected chi connectivity index (χ0v) is 10.9. The van der Waals surface area contributed by atoms with Crippen LogP contribution in [0.25, 0.3) is 17.2 Å². The van der Waals surface area contributed by atoms with E-state index in [0.29, 0.717) is 0 Å². The first-order valence-electron chi connectivity index (χ1n) is 6.08. The van der Waals surface area contributed by atoms with Gasteiger partial charge in [0.2, 0.25) is 0 Å². The average molecular weight is 307 g/mol. The Balaban J connectivity index is 2.18. The van der Waals surface area contributed by atoms with Crippen LogP contribution in [0.15, 0.2) is 47.7 Å². The maximum absolute atomic E-state index is 12.8. The number of hydrogen-bond donors (Lipinski definition) is 1. The van der Waals surface area contributed by atoms with Crippen LogP contribution in [0.1, 0.15) is 5.56 Å². The number of hydrogen-bond acceptors (Lipinski definition) is 4. The van der Waals surface area contributed by atoms with Crippen molar-refractivity contribution in [1.82, 2.24) is 24.7 Å². The van der Waals surface area contributed by atoms with E-state index < -0.39 is 17.4 Å². The molecule has 6 nitrogen and oxygen atoms in total. The van der Waals surface area contributed by atoms with Gasteiger partial charge in [0.25, 0.3) is 0 Å². The van der Waals surface area contributed by atoms with Crippen molar-refractivity contribution >= 4 is 0 Å². The summed E-state index contributed by atoms with van der Waals surface area (Å²) in [6, 6.07) is 4.40. The number of benzene rings is 1. The average Bonchev–Trinajstić information content (AvgIpc) is 2.89. The molecule has 0 atom stereocenters. The molecule has 1 aromatic carbocycles. The van der Waals surface area contributed by atoms with Crippen molar-refractivity contribution in [2.24, 2.45) is 0 Å². The first-order valence-corrected chi connectivity index (χ1v) is 6.08.